The van der Waals surface area contributed by atoms with Crippen LogP contribution in [0.5, 0.6) is 0 Å². The molecule has 3 heterocycles. The molecule has 166 valence electrons. The Hall–Kier alpha value is -3.35. The van der Waals surface area contributed by atoms with Gasteiger partial charge in [-0.05, 0) is 5.41 Å². The molecule has 1 aromatic rings. The van der Waals surface area contributed by atoms with Crippen LogP contribution in [0.3, 0.4) is 0 Å². The standard InChI is InChI=1S/C17H15N7O5S3/c1-2-5-29-22-9(12-21-17(19)32-23-12)13(25)20-10-14(26)24-11(16(27)28)8(7-31-15(10)24)30-6-3-4-18/h2-3,6,10,15H,1,5,7H2,(H,20,25)(H,27,28)(H2,19,21,23)/b6-3-,22-9?/t10?,15-/m0/s1. The Morgan fingerprint density at radius 2 is 2.34 bits per heavy atom. The molecule has 0 spiro atoms. The third-order valence-electron chi connectivity index (χ3n) is 3.99. The van der Waals surface area contributed by atoms with Crippen molar-refractivity contribution >= 4 is 63.7 Å². The number of carboxylic acids is 1. The lowest BCUT2D eigenvalue weighted by Gasteiger charge is -2.49. The van der Waals surface area contributed by atoms with Gasteiger partial charge in [-0.25, -0.2) is 4.79 Å². The summed E-state index contributed by atoms with van der Waals surface area (Å²) in [4.78, 5) is 47.8. The van der Waals surface area contributed by atoms with E-state index in [0.29, 0.717) is 4.91 Å². The third-order valence-corrected chi connectivity index (χ3v) is 6.89. The third kappa shape index (κ3) is 4.77. The Morgan fingerprint density at radius 1 is 1.56 bits per heavy atom. The molecule has 1 unspecified atom stereocenters. The number of amides is 2. The number of thioether (sulfide) groups is 2. The normalized spacial score (nSPS) is 20.4. The van der Waals surface area contributed by atoms with Crippen molar-refractivity contribution < 1.29 is 24.3 Å². The number of fused-ring (bicyclic) bond motifs is 1. The largest absolute Gasteiger partial charge is 0.477 e. The molecular formula is C17H15N7O5S3. The Balaban J connectivity index is 1.79. The lowest BCUT2D eigenvalue weighted by Crippen LogP contribution is -2.71. The first-order valence-electron chi connectivity index (χ1n) is 8.72. The van der Waals surface area contributed by atoms with E-state index in [1.807, 2.05) is 6.07 Å². The number of carboxylic acid groups (broad SMARTS) is 1. The van der Waals surface area contributed by atoms with Crippen molar-refractivity contribution in [3.05, 3.63) is 40.6 Å². The summed E-state index contributed by atoms with van der Waals surface area (Å²) in [6.07, 6.45) is 2.64. The van der Waals surface area contributed by atoms with Gasteiger partial charge in [-0.1, -0.05) is 29.6 Å². The number of hydrogen-bond donors (Lipinski definition) is 3. The average molecular weight is 494 g/mol. The fourth-order valence-electron chi connectivity index (χ4n) is 2.71. The zero-order valence-corrected chi connectivity index (χ0v) is 18.6. The van der Waals surface area contributed by atoms with Crippen LogP contribution in [0, 0.1) is 11.3 Å². The summed E-state index contributed by atoms with van der Waals surface area (Å²) in [7, 11) is 0. The van der Waals surface area contributed by atoms with Crippen molar-refractivity contribution in [3.8, 4) is 6.07 Å². The van der Waals surface area contributed by atoms with Gasteiger partial charge in [0.2, 0.25) is 11.5 Å². The summed E-state index contributed by atoms with van der Waals surface area (Å²) in [5, 5.41) is 25.4. The highest BCUT2D eigenvalue weighted by Crippen LogP contribution is 2.43. The molecular weight excluding hydrogens is 478 g/mol. The zero-order chi connectivity index (χ0) is 23.3. The number of aromatic nitrogens is 2. The molecule has 2 amide bonds. The molecule has 0 saturated carbocycles. The van der Waals surface area contributed by atoms with E-state index in [9.17, 15) is 19.5 Å². The van der Waals surface area contributed by atoms with Crippen molar-refractivity contribution in [2.45, 2.75) is 11.4 Å². The maximum absolute atomic E-state index is 12.8. The number of anilines is 1. The van der Waals surface area contributed by atoms with Gasteiger partial charge in [-0.2, -0.15) is 14.6 Å². The van der Waals surface area contributed by atoms with Gasteiger partial charge < -0.3 is 21.0 Å². The van der Waals surface area contributed by atoms with Gasteiger partial charge in [0.25, 0.3) is 11.8 Å². The fourth-order valence-corrected chi connectivity index (χ4v) is 5.40. The number of nitrogens with one attached hydrogen (secondary N) is 1. The number of nitriles is 1. The van der Waals surface area contributed by atoms with Crippen LogP contribution in [0.2, 0.25) is 0 Å². The maximum Gasteiger partial charge on any atom is 0.353 e. The second kappa shape index (κ2) is 10.3. The summed E-state index contributed by atoms with van der Waals surface area (Å²) < 4.78 is 3.94. The number of nitrogens with two attached hydrogens (primary N) is 1. The predicted octanol–water partition coefficient (Wildman–Crippen LogP) is 0.494. The van der Waals surface area contributed by atoms with Gasteiger partial charge in [0.15, 0.2) is 5.13 Å². The number of rotatable bonds is 9. The minimum Gasteiger partial charge on any atom is -0.477 e. The number of hydrogen-bond acceptors (Lipinski definition) is 12. The van der Waals surface area contributed by atoms with Crippen molar-refractivity contribution in [3.63, 3.8) is 0 Å². The van der Waals surface area contributed by atoms with Gasteiger partial charge in [0.1, 0.15) is 23.7 Å². The first-order valence-corrected chi connectivity index (χ1v) is 11.4. The summed E-state index contributed by atoms with van der Waals surface area (Å²) in [6, 6.07) is 0.833. The van der Waals surface area contributed by atoms with Crippen LogP contribution in [-0.4, -0.2) is 66.6 Å². The van der Waals surface area contributed by atoms with Gasteiger partial charge in [-0.15, -0.1) is 11.8 Å². The van der Waals surface area contributed by atoms with Crippen LogP contribution in [-0.2, 0) is 19.2 Å². The van der Waals surface area contributed by atoms with E-state index >= 15 is 0 Å². The minimum absolute atomic E-state index is 0.0263. The van der Waals surface area contributed by atoms with Gasteiger partial charge >= 0.3 is 5.97 Å². The molecule has 32 heavy (non-hydrogen) atoms. The summed E-state index contributed by atoms with van der Waals surface area (Å²) in [5.41, 5.74) is 5.12. The molecule has 4 N–H and O–H groups in total. The number of oxime groups is 1. The quantitative estimate of drug-likeness (QED) is 0.109. The van der Waals surface area contributed by atoms with E-state index in [2.05, 4.69) is 26.4 Å². The first-order chi connectivity index (χ1) is 15.4. The van der Waals surface area contributed by atoms with E-state index in [4.69, 9.17) is 15.8 Å². The highest BCUT2D eigenvalue weighted by atomic mass is 32.2. The number of carbonyl (C=O) groups is 3. The molecule has 0 aliphatic carbocycles. The molecule has 15 heteroatoms. The SMILES string of the molecule is C=CCON=C(C(=O)NC1C(=O)N2C(C(=O)O)=C(S/C=C\C#N)CS[C@@H]12)c1nsc(N)n1. The molecule has 0 bridgehead atoms. The highest BCUT2D eigenvalue weighted by Gasteiger charge is 2.54. The van der Waals surface area contributed by atoms with Crippen molar-refractivity contribution in [1.82, 2.24) is 19.6 Å². The van der Waals surface area contributed by atoms with Crippen molar-refractivity contribution in [2.24, 2.45) is 5.16 Å². The molecule has 1 saturated heterocycles. The number of β-lactam (4-membered cyclic amide) rings is 1. The Kier molecular flexibility index (Phi) is 7.51. The Bertz CT molecular complexity index is 1090. The minimum atomic E-state index is -1.27. The van der Waals surface area contributed by atoms with Crippen LogP contribution < -0.4 is 11.1 Å². The molecule has 3 rings (SSSR count). The molecule has 2 atom stereocenters. The number of carbonyl (C=O) groups excluding carboxylic acids is 2. The fraction of sp³-hybridized carbons (Fsp3) is 0.235. The van der Waals surface area contributed by atoms with Crippen LogP contribution in [0.4, 0.5) is 5.13 Å². The lowest BCUT2D eigenvalue weighted by molar-refractivity contribution is -0.150. The van der Waals surface area contributed by atoms with E-state index in [0.717, 1.165) is 28.2 Å². The van der Waals surface area contributed by atoms with E-state index < -0.39 is 29.2 Å². The second-order valence-corrected chi connectivity index (χ2v) is 8.86. The molecule has 2 aliphatic rings. The van der Waals surface area contributed by atoms with Crippen LogP contribution in [0.1, 0.15) is 5.82 Å². The smallest absolute Gasteiger partial charge is 0.353 e. The topological polar surface area (TPSA) is 184 Å². The Morgan fingerprint density at radius 3 is 2.97 bits per heavy atom. The van der Waals surface area contributed by atoms with E-state index in [-0.39, 0.29) is 34.7 Å². The first kappa shape index (κ1) is 23.3. The van der Waals surface area contributed by atoms with Gasteiger partial charge in [0, 0.05) is 28.3 Å². The molecule has 1 fully saturated rings. The zero-order valence-electron chi connectivity index (χ0n) is 16.1. The predicted molar refractivity (Wildman–Crippen MR) is 119 cm³/mol. The molecule has 2 aliphatic heterocycles. The number of allylic oxidation sites excluding steroid dienone is 1. The van der Waals surface area contributed by atoms with Crippen molar-refractivity contribution in [1.29, 1.82) is 5.26 Å². The lowest BCUT2D eigenvalue weighted by atomic mass is 10.0. The highest BCUT2D eigenvalue weighted by molar-refractivity contribution is 8.08. The summed E-state index contributed by atoms with van der Waals surface area (Å²) in [6.45, 7) is 3.51. The van der Waals surface area contributed by atoms with E-state index in [1.165, 1.54) is 29.3 Å². The number of nitrogens with zero attached hydrogens (tertiary/aromatic N) is 5. The molecule has 12 nitrogen and oxygen atoms in total. The summed E-state index contributed by atoms with van der Waals surface area (Å²) in [5.74, 6) is -2.42. The molecule has 0 aromatic carbocycles. The monoisotopic (exact) mass is 493 g/mol. The number of nitrogen functional groups attached to an aromatic ring is 1. The van der Waals surface area contributed by atoms with Gasteiger partial charge in [0.05, 0.1) is 6.07 Å². The Labute approximate surface area is 194 Å². The summed E-state index contributed by atoms with van der Waals surface area (Å²) >= 11 is 3.20. The molecule has 1 aromatic heterocycles. The van der Waals surface area contributed by atoms with Crippen LogP contribution in [0.15, 0.2) is 39.9 Å². The van der Waals surface area contributed by atoms with Gasteiger partial charge in [-0.3, -0.25) is 14.5 Å². The van der Waals surface area contributed by atoms with E-state index in [1.54, 1.807) is 0 Å². The number of aliphatic carboxylic acids is 1. The average Bonchev–Trinajstić information content (AvgIpc) is 3.20. The van der Waals surface area contributed by atoms with Crippen LogP contribution in [0.25, 0.3) is 0 Å². The second-order valence-electron chi connectivity index (χ2n) is 5.97. The molecule has 0 radical (unpaired) electrons. The van der Waals surface area contributed by atoms with Crippen LogP contribution >= 0.6 is 35.1 Å². The maximum atomic E-state index is 12.8. The van der Waals surface area contributed by atoms with Crippen molar-refractivity contribution in [2.75, 3.05) is 18.1 Å².